The maximum absolute atomic E-state index is 12.1. The van der Waals surface area contributed by atoms with Crippen molar-refractivity contribution in [3.8, 4) is 0 Å². The lowest BCUT2D eigenvalue weighted by molar-refractivity contribution is 0.236. The Morgan fingerprint density at radius 1 is 1.40 bits per heavy atom. The lowest BCUT2D eigenvalue weighted by Gasteiger charge is -2.09. The molecule has 0 heterocycles. The standard InChI is InChI=1S/C8H8BrF2NO2S/c1-5-2-3-6(9)7(4-5)12-15(13,14)8(10)11/h2-4,8,12H,1H3. The summed E-state index contributed by atoms with van der Waals surface area (Å²) in [6, 6.07) is 4.77. The average Bonchev–Trinajstić information content (AvgIpc) is 2.10. The summed E-state index contributed by atoms with van der Waals surface area (Å²) in [5.74, 6) is -3.44. The first kappa shape index (κ1) is 12.4. The van der Waals surface area contributed by atoms with Gasteiger partial charge in [0.25, 0.3) is 10.0 Å². The van der Waals surface area contributed by atoms with Crippen LogP contribution in [0.3, 0.4) is 0 Å². The average molecular weight is 300 g/mol. The first-order valence-electron chi connectivity index (χ1n) is 3.89. The Balaban J connectivity index is 3.05. The van der Waals surface area contributed by atoms with E-state index in [0.717, 1.165) is 5.56 Å². The van der Waals surface area contributed by atoms with Crippen LogP contribution in [-0.4, -0.2) is 14.2 Å². The van der Waals surface area contributed by atoms with Crippen molar-refractivity contribution in [3.63, 3.8) is 0 Å². The van der Waals surface area contributed by atoms with Gasteiger partial charge in [0.05, 0.1) is 5.69 Å². The molecule has 0 atom stereocenters. The Kier molecular flexibility index (Phi) is 3.67. The summed E-state index contributed by atoms with van der Waals surface area (Å²) in [5, 5.41) is 0. The normalized spacial score (nSPS) is 11.8. The molecule has 0 amide bonds. The van der Waals surface area contributed by atoms with Crippen molar-refractivity contribution in [2.75, 3.05) is 4.72 Å². The molecule has 0 saturated heterocycles. The highest BCUT2D eigenvalue weighted by molar-refractivity contribution is 9.10. The second-order valence-corrected chi connectivity index (χ2v) is 5.40. The van der Waals surface area contributed by atoms with Gasteiger partial charge in [0.1, 0.15) is 0 Å². The Morgan fingerprint density at radius 3 is 2.53 bits per heavy atom. The molecular weight excluding hydrogens is 292 g/mol. The second-order valence-electron chi connectivity index (χ2n) is 2.89. The van der Waals surface area contributed by atoms with E-state index >= 15 is 0 Å². The molecular formula is C8H8BrF2NO2S. The van der Waals surface area contributed by atoms with E-state index in [9.17, 15) is 17.2 Å². The Hall–Kier alpha value is -0.690. The minimum atomic E-state index is -4.60. The van der Waals surface area contributed by atoms with Crippen LogP contribution >= 0.6 is 15.9 Å². The molecule has 7 heteroatoms. The maximum Gasteiger partial charge on any atom is 0.355 e. The molecule has 0 spiro atoms. The van der Waals surface area contributed by atoms with Crippen LogP contribution in [0.1, 0.15) is 5.56 Å². The van der Waals surface area contributed by atoms with Gasteiger partial charge in [0.2, 0.25) is 0 Å². The summed E-state index contributed by atoms with van der Waals surface area (Å²) in [6.07, 6.45) is 0. The lowest BCUT2D eigenvalue weighted by atomic mass is 10.2. The molecule has 0 bridgehead atoms. The van der Waals surface area contributed by atoms with E-state index in [1.165, 1.54) is 6.07 Å². The van der Waals surface area contributed by atoms with Gasteiger partial charge in [-0.2, -0.15) is 8.78 Å². The first-order valence-corrected chi connectivity index (χ1v) is 6.23. The molecule has 0 aliphatic carbocycles. The number of aryl methyl sites for hydroxylation is 1. The molecule has 0 radical (unpaired) electrons. The van der Waals surface area contributed by atoms with E-state index in [2.05, 4.69) is 15.9 Å². The van der Waals surface area contributed by atoms with Crippen molar-refractivity contribution in [1.29, 1.82) is 0 Å². The van der Waals surface area contributed by atoms with Crippen LogP contribution in [0.25, 0.3) is 0 Å². The van der Waals surface area contributed by atoms with Crippen molar-refractivity contribution in [2.45, 2.75) is 12.7 Å². The number of anilines is 1. The summed E-state index contributed by atoms with van der Waals surface area (Å²) in [7, 11) is -4.60. The zero-order valence-corrected chi connectivity index (χ0v) is 10.1. The summed E-state index contributed by atoms with van der Waals surface area (Å²) in [4.78, 5) is 0. The van der Waals surface area contributed by atoms with Crippen molar-refractivity contribution in [3.05, 3.63) is 28.2 Å². The third kappa shape index (κ3) is 3.13. The molecule has 84 valence electrons. The van der Waals surface area contributed by atoms with E-state index in [0.29, 0.717) is 4.47 Å². The maximum atomic E-state index is 12.1. The van der Waals surface area contributed by atoms with Gasteiger partial charge >= 0.3 is 5.76 Å². The molecule has 1 aromatic rings. The predicted octanol–water partition coefficient (Wildman–Crippen LogP) is 2.72. The van der Waals surface area contributed by atoms with E-state index in [4.69, 9.17) is 0 Å². The third-order valence-electron chi connectivity index (χ3n) is 1.61. The van der Waals surface area contributed by atoms with Crippen LogP contribution in [-0.2, 0) is 10.0 Å². The molecule has 0 aliphatic heterocycles. The van der Waals surface area contributed by atoms with Gasteiger partial charge in [0, 0.05) is 4.47 Å². The van der Waals surface area contributed by atoms with Gasteiger partial charge in [-0.1, -0.05) is 6.07 Å². The smallest absolute Gasteiger partial charge is 0.278 e. The topological polar surface area (TPSA) is 46.2 Å². The van der Waals surface area contributed by atoms with Gasteiger partial charge in [-0.15, -0.1) is 0 Å². The summed E-state index contributed by atoms with van der Waals surface area (Å²) in [6.45, 7) is 1.73. The Labute approximate surface area is 94.7 Å². The van der Waals surface area contributed by atoms with Gasteiger partial charge < -0.3 is 0 Å². The fourth-order valence-corrected chi connectivity index (χ4v) is 1.96. The number of benzene rings is 1. The number of rotatable bonds is 3. The summed E-state index contributed by atoms with van der Waals surface area (Å²) in [5.41, 5.74) is 0.875. The van der Waals surface area contributed by atoms with E-state index in [-0.39, 0.29) is 5.69 Å². The van der Waals surface area contributed by atoms with Gasteiger partial charge in [-0.3, -0.25) is 4.72 Å². The molecule has 0 unspecified atom stereocenters. The number of hydrogen-bond donors (Lipinski definition) is 1. The van der Waals surface area contributed by atoms with Crippen LogP contribution in [0, 0.1) is 6.92 Å². The van der Waals surface area contributed by atoms with Crippen molar-refractivity contribution in [1.82, 2.24) is 0 Å². The SMILES string of the molecule is Cc1ccc(Br)c(NS(=O)(=O)C(F)F)c1. The Bertz CT molecular complexity index is 462. The number of halogens is 3. The molecule has 1 N–H and O–H groups in total. The molecule has 0 aromatic heterocycles. The zero-order valence-electron chi connectivity index (χ0n) is 7.67. The van der Waals surface area contributed by atoms with E-state index in [1.807, 2.05) is 0 Å². The molecule has 0 saturated carbocycles. The molecule has 15 heavy (non-hydrogen) atoms. The molecule has 3 nitrogen and oxygen atoms in total. The van der Waals surface area contributed by atoms with Gasteiger partial charge in [-0.25, -0.2) is 8.42 Å². The minimum Gasteiger partial charge on any atom is -0.278 e. The van der Waals surface area contributed by atoms with Crippen LogP contribution in [0.2, 0.25) is 0 Å². The van der Waals surface area contributed by atoms with E-state index < -0.39 is 15.8 Å². The van der Waals surface area contributed by atoms with Gasteiger partial charge in [-0.05, 0) is 40.5 Å². The zero-order chi connectivity index (χ0) is 11.6. The monoisotopic (exact) mass is 299 g/mol. The molecule has 0 fully saturated rings. The number of alkyl halides is 2. The van der Waals surface area contributed by atoms with Crippen molar-refractivity contribution >= 4 is 31.6 Å². The summed E-state index contributed by atoms with van der Waals surface area (Å²) < 4.78 is 48.1. The van der Waals surface area contributed by atoms with Crippen LogP contribution in [0.5, 0.6) is 0 Å². The minimum absolute atomic E-state index is 0.107. The van der Waals surface area contributed by atoms with Crippen LogP contribution in [0.4, 0.5) is 14.5 Å². The second kappa shape index (κ2) is 4.44. The van der Waals surface area contributed by atoms with Crippen molar-refractivity contribution < 1.29 is 17.2 Å². The fourth-order valence-electron chi connectivity index (χ4n) is 0.915. The first-order chi connectivity index (χ1) is 6.83. The van der Waals surface area contributed by atoms with Crippen LogP contribution < -0.4 is 4.72 Å². The highest BCUT2D eigenvalue weighted by Gasteiger charge is 2.24. The highest BCUT2D eigenvalue weighted by atomic mass is 79.9. The predicted molar refractivity (Wildman–Crippen MR) is 57.4 cm³/mol. The Morgan fingerprint density at radius 2 is 2.00 bits per heavy atom. The molecule has 0 aliphatic rings. The van der Waals surface area contributed by atoms with Crippen molar-refractivity contribution in [2.24, 2.45) is 0 Å². The number of nitrogens with one attached hydrogen (secondary N) is 1. The lowest BCUT2D eigenvalue weighted by Crippen LogP contribution is -2.20. The molecule has 1 aromatic carbocycles. The fraction of sp³-hybridized carbons (Fsp3) is 0.250. The summed E-state index contributed by atoms with van der Waals surface area (Å²) >= 11 is 3.06. The van der Waals surface area contributed by atoms with Crippen LogP contribution in [0.15, 0.2) is 22.7 Å². The number of sulfonamides is 1. The third-order valence-corrected chi connectivity index (χ3v) is 3.27. The highest BCUT2D eigenvalue weighted by Crippen LogP contribution is 2.25. The van der Waals surface area contributed by atoms with E-state index in [1.54, 1.807) is 23.8 Å². The van der Waals surface area contributed by atoms with Gasteiger partial charge in [0.15, 0.2) is 0 Å². The number of hydrogen-bond acceptors (Lipinski definition) is 2. The quantitative estimate of drug-likeness (QED) is 0.933. The molecule has 1 rings (SSSR count). The largest absolute Gasteiger partial charge is 0.355 e.